The zero-order valence-corrected chi connectivity index (χ0v) is 11.1. The Morgan fingerprint density at radius 3 is 2.81 bits per heavy atom. The van der Waals surface area contributed by atoms with Crippen LogP contribution in [0.25, 0.3) is 0 Å². The zero-order valence-electron chi connectivity index (χ0n) is 9.43. The third kappa shape index (κ3) is 4.32. The van der Waals surface area contributed by atoms with Crippen molar-refractivity contribution < 1.29 is 0 Å². The summed E-state index contributed by atoms with van der Waals surface area (Å²) in [5.74, 6) is 1.89. The van der Waals surface area contributed by atoms with Crippen LogP contribution in [0.2, 0.25) is 0 Å². The Hall–Kier alpha value is -0.880. The van der Waals surface area contributed by atoms with Crippen LogP contribution in [0.1, 0.15) is 19.0 Å². The number of nitrogens with one attached hydrogen (secondary N) is 1. The maximum absolute atomic E-state index is 5.44. The summed E-state index contributed by atoms with van der Waals surface area (Å²) in [7, 11) is 0. The van der Waals surface area contributed by atoms with Gasteiger partial charge in [0.05, 0.1) is 12.4 Å². The van der Waals surface area contributed by atoms with Crippen LogP contribution >= 0.6 is 24.0 Å². The van der Waals surface area contributed by atoms with Crippen LogP contribution in [-0.4, -0.2) is 33.0 Å². The zero-order chi connectivity index (χ0) is 12.0. The molecule has 88 valence electrons. The van der Waals surface area contributed by atoms with E-state index in [-0.39, 0.29) is 4.99 Å². The minimum absolute atomic E-state index is 0.273. The van der Waals surface area contributed by atoms with Gasteiger partial charge in [0.2, 0.25) is 0 Å². The molecule has 0 radical (unpaired) electrons. The summed E-state index contributed by atoms with van der Waals surface area (Å²) < 4.78 is 0. The van der Waals surface area contributed by atoms with Gasteiger partial charge in [0, 0.05) is 6.04 Å². The molecular formula is C10H16N4S2. The minimum atomic E-state index is 0.273. The number of rotatable bonds is 6. The maximum Gasteiger partial charge on any atom is 0.144 e. The lowest BCUT2D eigenvalue weighted by atomic mass is 10.2. The lowest BCUT2D eigenvalue weighted by Gasteiger charge is -2.13. The van der Waals surface area contributed by atoms with Crippen molar-refractivity contribution in [2.24, 2.45) is 5.73 Å². The average Bonchev–Trinajstić information content (AvgIpc) is 2.27. The lowest BCUT2D eigenvalue weighted by molar-refractivity contribution is 0.765. The van der Waals surface area contributed by atoms with E-state index in [1.165, 1.54) is 0 Å². The summed E-state index contributed by atoms with van der Waals surface area (Å²) in [6.07, 6.45) is 6.44. The first kappa shape index (κ1) is 13.2. The molecular weight excluding hydrogens is 240 g/mol. The highest BCUT2D eigenvalue weighted by molar-refractivity contribution is 7.98. The van der Waals surface area contributed by atoms with E-state index in [1.54, 1.807) is 12.4 Å². The molecule has 3 N–H and O–H groups in total. The molecule has 0 bridgehead atoms. The largest absolute Gasteiger partial charge is 0.388 e. The smallest absolute Gasteiger partial charge is 0.144 e. The third-order valence-electron chi connectivity index (χ3n) is 2.05. The van der Waals surface area contributed by atoms with Crippen LogP contribution in [0.4, 0.5) is 5.82 Å². The number of nitrogens with zero attached hydrogens (tertiary/aromatic N) is 2. The van der Waals surface area contributed by atoms with E-state index in [9.17, 15) is 0 Å². The highest BCUT2D eigenvalue weighted by Gasteiger charge is 2.04. The van der Waals surface area contributed by atoms with Gasteiger partial charge in [-0.3, -0.25) is 0 Å². The fourth-order valence-corrected chi connectivity index (χ4v) is 1.84. The van der Waals surface area contributed by atoms with Crippen molar-refractivity contribution in [2.75, 3.05) is 17.3 Å². The van der Waals surface area contributed by atoms with Crippen LogP contribution in [0.3, 0.4) is 0 Å². The van der Waals surface area contributed by atoms with E-state index < -0.39 is 0 Å². The number of aromatic nitrogens is 2. The molecule has 0 aromatic carbocycles. The molecule has 6 heteroatoms. The summed E-state index contributed by atoms with van der Waals surface area (Å²) in [6, 6.07) is 0.387. The van der Waals surface area contributed by atoms with Crippen molar-refractivity contribution >= 4 is 34.8 Å². The maximum atomic E-state index is 5.44. The van der Waals surface area contributed by atoms with E-state index in [4.69, 9.17) is 18.0 Å². The van der Waals surface area contributed by atoms with Gasteiger partial charge in [0.15, 0.2) is 0 Å². The van der Waals surface area contributed by atoms with Crippen molar-refractivity contribution in [3.05, 3.63) is 18.1 Å². The normalized spacial score (nSPS) is 12.1. The highest BCUT2D eigenvalue weighted by Crippen LogP contribution is 2.07. The van der Waals surface area contributed by atoms with Gasteiger partial charge in [-0.25, -0.2) is 9.97 Å². The quantitative estimate of drug-likeness (QED) is 0.755. The first-order valence-corrected chi connectivity index (χ1v) is 6.81. The SMILES string of the molecule is CSCCC(C)Nc1cnc(C(N)=S)cn1. The summed E-state index contributed by atoms with van der Waals surface area (Å²) >= 11 is 6.64. The van der Waals surface area contributed by atoms with Crippen LogP contribution in [-0.2, 0) is 0 Å². The third-order valence-corrected chi connectivity index (χ3v) is 2.91. The lowest BCUT2D eigenvalue weighted by Crippen LogP contribution is -2.18. The van der Waals surface area contributed by atoms with Crippen molar-refractivity contribution in [3.63, 3.8) is 0 Å². The number of hydrogen-bond donors (Lipinski definition) is 2. The van der Waals surface area contributed by atoms with Gasteiger partial charge in [-0.05, 0) is 25.4 Å². The Labute approximate surface area is 105 Å². The Bertz CT molecular complexity index is 339. The molecule has 1 aromatic rings. The molecule has 16 heavy (non-hydrogen) atoms. The van der Waals surface area contributed by atoms with E-state index >= 15 is 0 Å². The molecule has 0 aliphatic carbocycles. The van der Waals surface area contributed by atoms with Gasteiger partial charge >= 0.3 is 0 Å². The number of thioether (sulfide) groups is 1. The van der Waals surface area contributed by atoms with E-state index in [2.05, 4.69) is 28.5 Å². The molecule has 1 heterocycles. The van der Waals surface area contributed by atoms with E-state index in [1.807, 2.05) is 11.8 Å². The Morgan fingerprint density at radius 2 is 2.31 bits per heavy atom. The molecule has 1 unspecified atom stereocenters. The van der Waals surface area contributed by atoms with Crippen molar-refractivity contribution in [3.8, 4) is 0 Å². The second-order valence-corrected chi connectivity index (χ2v) is 4.90. The standard InChI is InChI=1S/C10H16N4S2/c1-7(3-4-16-2)14-9-6-12-8(5-13-9)10(11)15/h5-7H,3-4H2,1-2H3,(H2,11,15)(H,13,14). The topological polar surface area (TPSA) is 63.8 Å². The Morgan fingerprint density at radius 1 is 1.56 bits per heavy atom. The van der Waals surface area contributed by atoms with Gasteiger partial charge in [0.1, 0.15) is 16.5 Å². The van der Waals surface area contributed by atoms with Gasteiger partial charge < -0.3 is 11.1 Å². The number of hydrogen-bond acceptors (Lipinski definition) is 5. The van der Waals surface area contributed by atoms with Gasteiger partial charge in [-0.15, -0.1) is 0 Å². The molecule has 0 saturated carbocycles. The summed E-state index contributed by atoms with van der Waals surface area (Å²) in [4.78, 5) is 8.59. The first-order chi connectivity index (χ1) is 7.63. The van der Waals surface area contributed by atoms with Gasteiger partial charge in [-0.1, -0.05) is 12.2 Å². The minimum Gasteiger partial charge on any atom is -0.388 e. The molecule has 0 aliphatic heterocycles. The molecule has 4 nitrogen and oxygen atoms in total. The molecule has 0 saturated heterocycles. The number of nitrogens with two attached hydrogens (primary N) is 1. The second kappa shape index (κ2) is 6.65. The van der Waals surface area contributed by atoms with E-state index in [0.717, 1.165) is 18.0 Å². The predicted molar refractivity (Wildman–Crippen MR) is 74.0 cm³/mol. The first-order valence-electron chi connectivity index (χ1n) is 5.00. The summed E-state index contributed by atoms with van der Waals surface area (Å²) in [6.45, 7) is 2.12. The van der Waals surface area contributed by atoms with Gasteiger partial charge in [-0.2, -0.15) is 11.8 Å². The molecule has 1 atom stereocenters. The molecule has 1 aromatic heterocycles. The molecule has 0 aliphatic rings. The van der Waals surface area contributed by atoms with Crippen molar-refractivity contribution in [1.29, 1.82) is 0 Å². The molecule has 0 spiro atoms. The number of thiocarbonyl (C=S) groups is 1. The van der Waals surface area contributed by atoms with Crippen LogP contribution in [0.5, 0.6) is 0 Å². The van der Waals surface area contributed by atoms with Crippen LogP contribution < -0.4 is 11.1 Å². The molecule has 0 fully saturated rings. The van der Waals surface area contributed by atoms with Crippen LogP contribution in [0.15, 0.2) is 12.4 Å². The fraction of sp³-hybridized carbons (Fsp3) is 0.500. The fourth-order valence-electron chi connectivity index (χ4n) is 1.15. The molecule has 0 amide bonds. The highest BCUT2D eigenvalue weighted by atomic mass is 32.2. The summed E-state index contributed by atoms with van der Waals surface area (Å²) in [5.41, 5.74) is 5.99. The van der Waals surface area contributed by atoms with Crippen molar-refractivity contribution in [2.45, 2.75) is 19.4 Å². The average molecular weight is 256 g/mol. The van der Waals surface area contributed by atoms with Crippen molar-refractivity contribution in [1.82, 2.24) is 9.97 Å². The Kier molecular flexibility index (Phi) is 5.48. The van der Waals surface area contributed by atoms with E-state index in [0.29, 0.717) is 11.7 Å². The van der Waals surface area contributed by atoms with Gasteiger partial charge in [0.25, 0.3) is 0 Å². The predicted octanol–water partition coefficient (Wildman–Crippen LogP) is 1.66. The molecule has 1 rings (SSSR count). The second-order valence-electron chi connectivity index (χ2n) is 3.48. The Balaban J connectivity index is 2.51. The summed E-state index contributed by atoms with van der Waals surface area (Å²) in [5, 5.41) is 3.27. The monoisotopic (exact) mass is 256 g/mol. The number of anilines is 1. The van der Waals surface area contributed by atoms with Crippen LogP contribution in [0, 0.1) is 0 Å².